The molecule has 3 N–H and O–H groups in total. The van der Waals surface area contributed by atoms with E-state index in [0.717, 1.165) is 20.6 Å². The predicted octanol–water partition coefficient (Wildman–Crippen LogP) is 5.70. The van der Waals surface area contributed by atoms with Crippen LogP contribution in [-0.4, -0.2) is 34.4 Å². The average molecular weight is 574 g/mol. The molecule has 2 aromatic heterocycles. The van der Waals surface area contributed by atoms with Gasteiger partial charge in [-0.2, -0.15) is 0 Å². The van der Waals surface area contributed by atoms with Gasteiger partial charge in [0.25, 0.3) is 11.8 Å². The molecule has 0 aliphatic carbocycles. The monoisotopic (exact) mass is 573 g/mol. The molecule has 5 rings (SSSR count). The second-order valence-electron chi connectivity index (χ2n) is 8.78. The van der Waals surface area contributed by atoms with Gasteiger partial charge in [-0.3, -0.25) is 19.7 Å². The van der Waals surface area contributed by atoms with Gasteiger partial charge in [0.15, 0.2) is 0 Å². The fourth-order valence-corrected chi connectivity index (χ4v) is 5.25. The molecule has 0 saturated carbocycles. The number of aromatic nitrogens is 2. The van der Waals surface area contributed by atoms with Crippen LogP contribution in [0.15, 0.2) is 84.9 Å². The lowest BCUT2D eigenvalue weighted by Gasteiger charge is -2.14. The molecule has 0 saturated heterocycles. The van der Waals surface area contributed by atoms with E-state index in [1.165, 1.54) is 11.3 Å². The molecule has 3 aromatic carbocycles. The van der Waals surface area contributed by atoms with Gasteiger partial charge in [0.2, 0.25) is 11.9 Å². The van der Waals surface area contributed by atoms with Crippen LogP contribution >= 0.6 is 23.1 Å². The Hall–Kier alpha value is -4.67. The molecule has 0 aliphatic heterocycles. The molecule has 5 aromatic rings. The number of carbonyl (C=O) groups excluding carboxylic acids is 3. The Kier molecular flexibility index (Phi) is 7.81. The van der Waals surface area contributed by atoms with Crippen LogP contribution in [0.4, 0.5) is 11.6 Å². The normalized spacial score (nSPS) is 10.8. The lowest BCUT2D eigenvalue weighted by Crippen LogP contribution is -2.20. The largest absolute Gasteiger partial charge is 0.497 e. The van der Waals surface area contributed by atoms with Crippen LogP contribution in [0.3, 0.4) is 0 Å². The highest BCUT2D eigenvalue weighted by Gasteiger charge is 2.20. The van der Waals surface area contributed by atoms with Crippen molar-refractivity contribution in [2.24, 2.45) is 5.73 Å². The summed E-state index contributed by atoms with van der Waals surface area (Å²) < 4.78 is 8.02. The smallest absolute Gasteiger partial charge is 0.272 e. The van der Waals surface area contributed by atoms with E-state index in [1.807, 2.05) is 36.4 Å². The summed E-state index contributed by atoms with van der Waals surface area (Å²) in [5.41, 5.74) is 8.28. The van der Waals surface area contributed by atoms with E-state index in [2.05, 4.69) is 10.3 Å². The molecular formula is C29H24ClN5O4S. The maximum Gasteiger partial charge on any atom is 0.272 e. The van der Waals surface area contributed by atoms with Gasteiger partial charge in [0.05, 0.1) is 28.7 Å². The second kappa shape index (κ2) is 11.6. The quantitative estimate of drug-likeness (QED) is 0.219. The third kappa shape index (κ3) is 5.68. The van der Waals surface area contributed by atoms with Gasteiger partial charge < -0.3 is 15.0 Å². The number of nitrogens with zero attached hydrogens (tertiary/aromatic N) is 3. The molecule has 202 valence electrons. The van der Waals surface area contributed by atoms with Gasteiger partial charge in [0, 0.05) is 35.2 Å². The van der Waals surface area contributed by atoms with Gasteiger partial charge in [-0.1, -0.05) is 30.3 Å². The van der Waals surface area contributed by atoms with Crippen molar-refractivity contribution in [3.63, 3.8) is 0 Å². The number of imidazole rings is 1. The third-order valence-corrected chi connectivity index (χ3v) is 7.63. The number of methoxy groups -OCH3 is 1. The Balaban J connectivity index is 1.43. The Morgan fingerprint density at radius 3 is 2.58 bits per heavy atom. The maximum absolute atomic E-state index is 13.2. The molecule has 40 heavy (non-hydrogen) atoms. The zero-order valence-electron chi connectivity index (χ0n) is 21.3. The Bertz CT molecular complexity index is 1720. The molecule has 0 radical (unpaired) electrons. The molecule has 0 unspecified atom stereocenters. The van der Waals surface area contributed by atoms with Gasteiger partial charge in [-0.05, 0) is 60.2 Å². The van der Waals surface area contributed by atoms with Crippen LogP contribution in [0.1, 0.15) is 26.5 Å². The van der Waals surface area contributed by atoms with E-state index in [0.29, 0.717) is 27.2 Å². The minimum absolute atomic E-state index is 0.0448. The topological polar surface area (TPSA) is 120 Å². The average Bonchev–Trinajstić information content (AvgIpc) is 3.60. The number of hydrogen-bond acceptors (Lipinski definition) is 6. The van der Waals surface area contributed by atoms with Crippen molar-refractivity contribution in [1.82, 2.24) is 9.55 Å². The summed E-state index contributed by atoms with van der Waals surface area (Å²) in [6.07, 6.45) is 0.0448. The van der Waals surface area contributed by atoms with Crippen molar-refractivity contribution in [1.29, 1.82) is 0 Å². The molecule has 9 nitrogen and oxygen atoms in total. The van der Waals surface area contributed by atoms with Crippen LogP contribution in [0, 0.1) is 0 Å². The number of nitrogens with two attached hydrogens (primary N) is 1. The van der Waals surface area contributed by atoms with E-state index in [-0.39, 0.29) is 24.8 Å². The van der Waals surface area contributed by atoms with Gasteiger partial charge in [-0.15, -0.1) is 11.3 Å². The Labute approximate surface area is 238 Å². The predicted molar refractivity (Wildman–Crippen MR) is 157 cm³/mol. The van der Waals surface area contributed by atoms with Crippen LogP contribution < -0.4 is 20.2 Å². The van der Waals surface area contributed by atoms with Crippen LogP contribution in [0.25, 0.3) is 21.5 Å². The molecule has 0 bridgehead atoms. The highest BCUT2D eigenvalue weighted by atomic mass is 35.5. The van der Waals surface area contributed by atoms with Crippen LogP contribution in [0.2, 0.25) is 0 Å². The standard InChI is InChI=1S/C29H24ClN5O4S/c1-39-21-9-5-8-19(16-21)24-12-13-25(40-24)27(37)33-29-32-22-17-20(10-11-23(22)34(29)15-14-26(31)36)35(30)28(38)18-6-3-2-4-7-18/h2-13,16-17H,14-15H2,1H3,(H2,31,36)(H,32,33,37). The van der Waals surface area contributed by atoms with Crippen molar-refractivity contribution in [3.05, 3.63) is 95.4 Å². The number of rotatable bonds is 9. The van der Waals surface area contributed by atoms with Crippen molar-refractivity contribution >= 4 is 63.5 Å². The third-order valence-electron chi connectivity index (χ3n) is 6.15. The number of amides is 3. The molecule has 2 heterocycles. The first kappa shape index (κ1) is 26.9. The van der Waals surface area contributed by atoms with Crippen LogP contribution in [-0.2, 0) is 11.3 Å². The van der Waals surface area contributed by atoms with Crippen molar-refractivity contribution in [3.8, 4) is 16.2 Å². The van der Waals surface area contributed by atoms with Crippen molar-refractivity contribution in [2.75, 3.05) is 16.8 Å². The zero-order chi connectivity index (χ0) is 28.2. The van der Waals surface area contributed by atoms with E-state index in [4.69, 9.17) is 22.2 Å². The molecule has 0 fully saturated rings. The zero-order valence-corrected chi connectivity index (χ0v) is 22.9. The van der Waals surface area contributed by atoms with Crippen molar-refractivity contribution in [2.45, 2.75) is 13.0 Å². The number of primary amides is 1. The fraction of sp³-hybridized carbons (Fsp3) is 0.103. The summed E-state index contributed by atoms with van der Waals surface area (Å²) in [7, 11) is 1.60. The molecular weight excluding hydrogens is 550 g/mol. The first-order chi connectivity index (χ1) is 19.3. The lowest BCUT2D eigenvalue weighted by atomic mass is 10.2. The number of hydrogen-bond donors (Lipinski definition) is 2. The number of benzene rings is 3. The molecule has 0 atom stereocenters. The Morgan fingerprint density at radius 2 is 1.82 bits per heavy atom. The summed E-state index contributed by atoms with van der Waals surface area (Å²) in [6.45, 7) is 0.202. The number of anilines is 2. The van der Waals surface area contributed by atoms with Crippen LogP contribution in [0.5, 0.6) is 5.75 Å². The first-order valence-corrected chi connectivity index (χ1v) is 13.4. The van der Waals surface area contributed by atoms with Gasteiger partial charge in [-0.25, -0.2) is 9.40 Å². The number of nitrogens with one attached hydrogen (secondary N) is 1. The van der Waals surface area contributed by atoms with E-state index >= 15 is 0 Å². The number of ether oxygens (including phenoxy) is 1. The van der Waals surface area contributed by atoms with E-state index < -0.39 is 11.8 Å². The summed E-state index contributed by atoms with van der Waals surface area (Å²) >= 11 is 7.72. The summed E-state index contributed by atoms with van der Waals surface area (Å²) in [5, 5.41) is 2.86. The first-order valence-electron chi connectivity index (χ1n) is 12.2. The molecule has 0 aliphatic rings. The Morgan fingerprint density at radius 1 is 1.02 bits per heavy atom. The highest BCUT2D eigenvalue weighted by Crippen LogP contribution is 2.32. The minimum atomic E-state index is -0.489. The maximum atomic E-state index is 13.2. The van der Waals surface area contributed by atoms with Crippen molar-refractivity contribution < 1.29 is 19.1 Å². The van der Waals surface area contributed by atoms with Gasteiger partial charge in [0.1, 0.15) is 5.75 Å². The van der Waals surface area contributed by atoms with E-state index in [1.54, 1.807) is 60.2 Å². The minimum Gasteiger partial charge on any atom is -0.497 e. The number of fused-ring (bicyclic) bond motifs is 1. The molecule has 11 heteroatoms. The van der Waals surface area contributed by atoms with E-state index in [9.17, 15) is 14.4 Å². The summed E-state index contributed by atoms with van der Waals surface area (Å²) in [5.74, 6) is -0.274. The summed E-state index contributed by atoms with van der Waals surface area (Å²) in [4.78, 5) is 43.6. The highest BCUT2D eigenvalue weighted by molar-refractivity contribution is 7.17. The number of aryl methyl sites for hydroxylation is 1. The number of thiophene rings is 1. The molecule has 3 amide bonds. The summed E-state index contributed by atoms with van der Waals surface area (Å²) in [6, 6.07) is 24.9. The number of halogens is 1. The lowest BCUT2D eigenvalue weighted by molar-refractivity contribution is -0.118. The fourth-order valence-electron chi connectivity index (χ4n) is 4.15. The second-order valence-corrected chi connectivity index (χ2v) is 10.2. The number of carbonyl (C=O) groups is 3. The molecule has 0 spiro atoms. The SMILES string of the molecule is COc1cccc(-c2ccc(C(=O)Nc3nc4cc(N(Cl)C(=O)c5ccccc5)ccc4n3CCC(N)=O)s2)c1. The van der Waals surface area contributed by atoms with Gasteiger partial charge >= 0.3 is 0 Å².